The van der Waals surface area contributed by atoms with E-state index in [-0.39, 0.29) is 5.91 Å². The van der Waals surface area contributed by atoms with Gasteiger partial charge >= 0.3 is 0 Å². The lowest BCUT2D eigenvalue weighted by Gasteiger charge is -2.15. The van der Waals surface area contributed by atoms with Gasteiger partial charge in [0.15, 0.2) is 17.6 Å². The fraction of sp³-hybridized carbons (Fsp3) is 0.316. The van der Waals surface area contributed by atoms with Gasteiger partial charge in [-0.15, -0.1) is 0 Å². The van der Waals surface area contributed by atoms with Gasteiger partial charge in [0.05, 0.1) is 20.8 Å². The highest BCUT2D eigenvalue weighted by Gasteiger charge is 2.14. The second-order valence-electron chi connectivity index (χ2n) is 5.23. The Morgan fingerprint density at radius 1 is 0.960 bits per heavy atom. The molecule has 2 aromatic carbocycles. The number of benzene rings is 2. The minimum absolute atomic E-state index is 0.209. The summed E-state index contributed by atoms with van der Waals surface area (Å²) in [6, 6.07) is 14.4. The Kier molecular flexibility index (Phi) is 6.95. The monoisotopic (exact) mass is 345 g/mol. The van der Waals surface area contributed by atoms with Gasteiger partial charge in [0.25, 0.3) is 5.91 Å². The molecule has 0 aliphatic rings. The number of hydrogen-bond donors (Lipinski definition) is 1. The van der Waals surface area contributed by atoms with E-state index in [2.05, 4.69) is 5.32 Å². The molecule has 25 heavy (non-hydrogen) atoms. The number of carbonyl (C=O) groups is 1. The molecule has 0 heterocycles. The van der Waals surface area contributed by atoms with Crippen molar-refractivity contribution < 1.29 is 23.7 Å². The first-order valence-electron chi connectivity index (χ1n) is 7.98. The standard InChI is InChI=1S/C19H23NO5/c1-14(25-16-10-8-15(22-2)9-11-16)19(21)20-12-13-24-18-7-5-4-6-17(18)23-3/h4-11,14H,12-13H2,1-3H3,(H,20,21). The Morgan fingerprint density at radius 2 is 1.60 bits per heavy atom. The minimum atomic E-state index is -0.611. The van der Waals surface area contributed by atoms with Crippen LogP contribution in [0, 0.1) is 0 Å². The number of amides is 1. The molecular formula is C19H23NO5. The van der Waals surface area contributed by atoms with Crippen molar-refractivity contribution in [2.45, 2.75) is 13.0 Å². The van der Waals surface area contributed by atoms with Gasteiger partial charge in [0.2, 0.25) is 0 Å². The van der Waals surface area contributed by atoms with Crippen LogP contribution in [-0.4, -0.2) is 39.4 Å². The van der Waals surface area contributed by atoms with Crippen LogP contribution in [0.4, 0.5) is 0 Å². The van der Waals surface area contributed by atoms with E-state index in [1.165, 1.54) is 0 Å². The van der Waals surface area contributed by atoms with Crippen LogP contribution in [0.2, 0.25) is 0 Å². The normalized spacial score (nSPS) is 11.3. The molecule has 0 aromatic heterocycles. The average Bonchev–Trinajstić information content (AvgIpc) is 2.65. The predicted molar refractivity (Wildman–Crippen MR) is 94.6 cm³/mol. The third-order valence-electron chi connectivity index (χ3n) is 3.47. The first kappa shape index (κ1) is 18.4. The van der Waals surface area contributed by atoms with Crippen LogP contribution in [0.1, 0.15) is 6.92 Å². The topological polar surface area (TPSA) is 66.0 Å². The van der Waals surface area contributed by atoms with Crippen LogP contribution < -0.4 is 24.3 Å². The molecule has 1 amide bonds. The zero-order valence-electron chi connectivity index (χ0n) is 14.7. The summed E-state index contributed by atoms with van der Waals surface area (Å²) in [7, 11) is 3.18. The van der Waals surface area contributed by atoms with Gasteiger partial charge in [-0.25, -0.2) is 0 Å². The van der Waals surface area contributed by atoms with Crippen molar-refractivity contribution in [3.8, 4) is 23.0 Å². The summed E-state index contributed by atoms with van der Waals surface area (Å²) in [6.45, 7) is 2.40. The molecule has 134 valence electrons. The molecule has 0 saturated heterocycles. The van der Waals surface area contributed by atoms with Gasteiger partial charge in [-0.2, -0.15) is 0 Å². The second-order valence-corrected chi connectivity index (χ2v) is 5.23. The first-order valence-corrected chi connectivity index (χ1v) is 7.98. The third kappa shape index (κ3) is 5.60. The molecule has 1 unspecified atom stereocenters. The molecule has 2 aromatic rings. The highest BCUT2D eigenvalue weighted by molar-refractivity contribution is 5.80. The Hall–Kier alpha value is -2.89. The van der Waals surface area contributed by atoms with Crippen LogP contribution in [0.25, 0.3) is 0 Å². The Bertz CT molecular complexity index is 672. The Labute approximate surface area is 147 Å². The lowest BCUT2D eigenvalue weighted by atomic mass is 10.3. The fourth-order valence-corrected chi connectivity index (χ4v) is 2.13. The van der Waals surface area contributed by atoms with E-state index < -0.39 is 6.10 Å². The first-order chi connectivity index (χ1) is 12.1. The van der Waals surface area contributed by atoms with Crippen LogP contribution in [0.3, 0.4) is 0 Å². The molecule has 0 bridgehead atoms. The van der Waals surface area contributed by atoms with Crippen LogP contribution in [0.15, 0.2) is 48.5 Å². The summed E-state index contributed by atoms with van der Waals surface area (Å²) >= 11 is 0. The summed E-state index contributed by atoms with van der Waals surface area (Å²) in [5.74, 6) is 2.43. The number of nitrogens with one attached hydrogen (secondary N) is 1. The Balaban J connectivity index is 1.73. The van der Waals surface area contributed by atoms with E-state index in [0.717, 1.165) is 5.75 Å². The molecule has 0 aliphatic heterocycles. The summed E-state index contributed by atoms with van der Waals surface area (Å²) in [4.78, 5) is 12.1. The van der Waals surface area contributed by atoms with Crippen molar-refractivity contribution in [1.82, 2.24) is 5.32 Å². The van der Waals surface area contributed by atoms with Crippen molar-refractivity contribution in [2.75, 3.05) is 27.4 Å². The summed E-state index contributed by atoms with van der Waals surface area (Å²) in [5.41, 5.74) is 0. The molecule has 2 rings (SSSR count). The highest BCUT2D eigenvalue weighted by atomic mass is 16.5. The quantitative estimate of drug-likeness (QED) is 0.708. The highest BCUT2D eigenvalue weighted by Crippen LogP contribution is 2.25. The molecule has 0 saturated carbocycles. The molecule has 6 heteroatoms. The summed E-state index contributed by atoms with van der Waals surface area (Å²) < 4.78 is 21.5. The fourth-order valence-electron chi connectivity index (χ4n) is 2.13. The molecule has 1 N–H and O–H groups in total. The van der Waals surface area contributed by atoms with E-state index in [1.807, 2.05) is 24.3 Å². The zero-order valence-corrected chi connectivity index (χ0v) is 14.7. The van der Waals surface area contributed by atoms with Crippen molar-refractivity contribution >= 4 is 5.91 Å². The third-order valence-corrected chi connectivity index (χ3v) is 3.47. The van der Waals surface area contributed by atoms with Crippen molar-refractivity contribution in [1.29, 1.82) is 0 Å². The van der Waals surface area contributed by atoms with E-state index in [1.54, 1.807) is 45.4 Å². The molecule has 6 nitrogen and oxygen atoms in total. The number of carbonyl (C=O) groups excluding carboxylic acids is 1. The predicted octanol–water partition coefficient (Wildman–Crippen LogP) is 2.67. The molecule has 0 fully saturated rings. The minimum Gasteiger partial charge on any atom is -0.497 e. The van der Waals surface area contributed by atoms with Gasteiger partial charge in [0.1, 0.15) is 18.1 Å². The van der Waals surface area contributed by atoms with Gasteiger partial charge in [-0.05, 0) is 43.3 Å². The van der Waals surface area contributed by atoms with Gasteiger partial charge in [0, 0.05) is 0 Å². The number of methoxy groups -OCH3 is 2. The maximum atomic E-state index is 12.1. The molecule has 0 radical (unpaired) electrons. The van der Waals surface area contributed by atoms with Gasteiger partial charge < -0.3 is 24.3 Å². The second kappa shape index (κ2) is 9.42. The molecule has 0 aliphatic carbocycles. The maximum Gasteiger partial charge on any atom is 0.260 e. The number of para-hydroxylation sites is 2. The number of ether oxygens (including phenoxy) is 4. The maximum absolute atomic E-state index is 12.1. The van der Waals surface area contributed by atoms with E-state index >= 15 is 0 Å². The number of rotatable bonds is 9. The summed E-state index contributed by atoms with van der Waals surface area (Å²) in [5, 5.41) is 2.78. The zero-order chi connectivity index (χ0) is 18.1. The van der Waals surface area contributed by atoms with Crippen LogP contribution in [0.5, 0.6) is 23.0 Å². The molecule has 1 atom stereocenters. The SMILES string of the molecule is COc1ccc(OC(C)C(=O)NCCOc2ccccc2OC)cc1. The van der Waals surface area contributed by atoms with Crippen molar-refractivity contribution in [3.05, 3.63) is 48.5 Å². The molecule has 0 spiro atoms. The number of hydrogen-bond acceptors (Lipinski definition) is 5. The summed E-state index contributed by atoms with van der Waals surface area (Å²) in [6.07, 6.45) is -0.611. The largest absolute Gasteiger partial charge is 0.497 e. The average molecular weight is 345 g/mol. The van der Waals surface area contributed by atoms with Crippen molar-refractivity contribution in [3.63, 3.8) is 0 Å². The lowest BCUT2D eigenvalue weighted by molar-refractivity contribution is -0.127. The van der Waals surface area contributed by atoms with E-state index in [0.29, 0.717) is 30.4 Å². The van der Waals surface area contributed by atoms with Crippen LogP contribution in [-0.2, 0) is 4.79 Å². The van der Waals surface area contributed by atoms with E-state index in [4.69, 9.17) is 18.9 Å². The smallest absolute Gasteiger partial charge is 0.260 e. The van der Waals surface area contributed by atoms with Crippen LogP contribution >= 0.6 is 0 Å². The Morgan fingerprint density at radius 3 is 2.24 bits per heavy atom. The van der Waals surface area contributed by atoms with E-state index in [9.17, 15) is 4.79 Å². The van der Waals surface area contributed by atoms with Gasteiger partial charge in [-0.3, -0.25) is 4.79 Å². The van der Waals surface area contributed by atoms with Crippen molar-refractivity contribution in [2.24, 2.45) is 0 Å². The van der Waals surface area contributed by atoms with Gasteiger partial charge in [-0.1, -0.05) is 12.1 Å². The lowest BCUT2D eigenvalue weighted by Crippen LogP contribution is -2.38. The molecular weight excluding hydrogens is 322 g/mol.